The number of carboxylic acid groups (broad SMARTS) is 1. The second-order valence-corrected chi connectivity index (χ2v) is 4.60. The summed E-state index contributed by atoms with van der Waals surface area (Å²) in [6.45, 7) is 3.20. The summed E-state index contributed by atoms with van der Waals surface area (Å²) in [6, 6.07) is 3.91. The second kappa shape index (κ2) is 5.69. The Hall–Kier alpha value is -2.11. The summed E-state index contributed by atoms with van der Waals surface area (Å²) in [7, 11) is 0. The van der Waals surface area contributed by atoms with Crippen LogP contribution in [0.3, 0.4) is 0 Å². The van der Waals surface area contributed by atoms with Crippen molar-refractivity contribution in [2.45, 2.75) is 20.3 Å². The van der Waals surface area contributed by atoms with Gasteiger partial charge in [0.05, 0.1) is 16.7 Å². The number of para-hydroxylation sites is 1. The zero-order chi connectivity index (χ0) is 14.6. The van der Waals surface area contributed by atoms with E-state index in [1.165, 1.54) is 19.1 Å². The number of benzene rings is 1. The van der Waals surface area contributed by atoms with Gasteiger partial charge in [0.15, 0.2) is 0 Å². The summed E-state index contributed by atoms with van der Waals surface area (Å²) in [4.78, 5) is 22.9. The van der Waals surface area contributed by atoms with Crippen LogP contribution in [0, 0.1) is 11.2 Å². The molecule has 1 aromatic rings. The maximum Gasteiger partial charge on any atom is 0.311 e. The van der Waals surface area contributed by atoms with Gasteiger partial charge in [0.2, 0.25) is 0 Å². The molecule has 1 atom stereocenters. The summed E-state index contributed by atoms with van der Waals surface area (Å²) < 4.78 is 13.2. The lowest BCUT2D eigenvalue weighted by Crippen LogP contribution is -2.40. The summed E-state index contributed by atoms with van der Waals surface area (Å²) >= 11 is 0. The van der Waals surface area contributed by atoms with Gasteiger partial charge >= 0.3 is 5.97 Å². The monoisotopic (exact) mass is 268 g/mol. The molecule has 5 nitrogen and oxygen atoms in total. The van der Waals surface area contributed by atoms with Crippen LogP contribution in [-0.2, 0) is 4.79 Å². The number of carbonyl (C=O) groups excluding carboxylic acids is 1. The number of nitrogens with two attached hydrogens (primary N) is 1. The molecule has 19 heavy (non-hydrogen) atoms. The van der Waals surface area contributed by atoms with E-state index in [1.54, 1.807) is 6.92 Å². The van der Waals surface area contributed by atoms with Gasteiger partial charge in [-0.05, 0) is 25.5 Å². The predicted octanol–water partition coefficient (Wildman–Crippen LogP) is 1.64. The molecule has 104 valence electrons. The van der Waals surface area contributed by atoms with E-state index in [9.17, 15) is 14.0 Å². The number of hydrogen-bond donors (Lipinski definition) is 3. The SMILES string of the molecule is CCC(C)(CNC(=O)c1cccc(F)c1N)C(=O)O. The first-order valence-corrected chi connectivity index (χ1v) is 5.87. The fraction of sp³-hybridized carbons (Fsp3) is 0.385. The third-order valence-corrected chi connectivity index (χ3v) is 3.23. The number of hydrogen-bond acceptors (Lipinski definition) is 3. The summed E-state index contributed by atoms with van der Waals surface area (Å²) in [5.41, 5.74) is 4.17. The van der Waals surface area contributed by atoms with Crippen molar-refractivity contribution in [1.82, 2.24) is 5.32 Å². The van der Waals surface area contributed by atoms with Crippen molar-refractivity contribution in [2.24, 2.45) is 5.41 Å². The Bertz CT molecular complexity index is 505. The average molecular weight is 268 g/mol. The molecule has 1 aromatic carbocycles. The van der Waals surface area contributed by atoms with Gasteiger partial charge in [0.1, 0.15) is 5.82 Å². The third-order valence-electron chi connectivity index (χ3n) is 3.23. The Labute approximate surface area is 110 Å². The van der Waals surface area contributed by atoms with Crippen LogP contribution in [-0.4, -0.2) is 23.5 Å². The Morgan fingerprint density at radius 3 is 2.63 bits per heavy atom. The van der Waals surface area contributed by atoms with Gasteiger partial charge in [0, 0.05) is 6.54 Å². The van der Waals surface area contributed by atoms with Crippen LogP contribution in [0.2, 0.25) is 0 Å². The number of rotatable bonds is 5. The standard InChI is InChI=1S/C13H17FN2O3/c1-3-13(2,12(18)19)7-16-11(17)8-5-4-6-9(14)10(8)15/h4-6H,3,7,15H2,1-2H3,(H,16,17)(H,18,19). The molecule has 1 amide bonds. The smallest absolute Gasteiger partial charge is 0.311 e. The van der Waals surface area contributed by atoms with Crippen LogP contribution in [0.4, 0.5) is 10.1 Å². The molecular weight excluding hydrogens is 251 g/mol. The molecule has 0 saturated heterocycles. The van der Waals surface area contributed by atoms with Gasteiger partial charge in [0.25, 0.3) is 5.91 Å². The lowest BCUT2D eigenvalue weighted by atomic mass is 9.87. The molecule has 0 aliphatic heterocycles. The minimum absolute atomic E-state index is 0.00356. The number of halogens is 1. The molecule has 0 aromatic heterocycles. The van der Waals surface area contributed by atoms with E-state index in [0.717, 1.165) is 6.07 Å². The molecule has 1 unspecified atom stereocenters. The Balaban J connectivity index is 2.81. The number of carboxylic acids is 1. The fourth-order valence-corrected chi connectivity index (χ4v) is 1.46. The van der Waals surface area contributed by atoms with Crippen LogP contribution < -0.4 is 11.1 Å². The minimum atomic E-state index is -1.06. The minimum Gasteiger partial charge on any atom is -0.481 e. The van der Waals surface area contributed by atoms with Gasteiger partial charge in [-0.1, -0.05) is 13.0 Å². The second-order valence-electron chi connectivity index (χ2n) is 4.60. The van der Waals surface area contributed by atoms with Crippen LogP contribution in [0.15, 0.2) is 18.2 Å². The van der Waals surface area contributed by atoms with Crippen molar-refractivity contribution < 1.29 is 19.1 Å². The number of carbonyl (C=O) groups is 2. The number of nitrogens with one attached hydrogen (secondary N) is 1. The molecule has 6 heteroatoms. The van der Waals surface area contributed by atoms with E-state index in [2.05, 4.69) is 5.32 Å². The molecular formula is C13H17FN2O3. The maximum atomic E-state index is 13.2. The van der Waals surface area contributed by atoms with Gasteiger partial charge in [-0.3, -0.25) is 9.59 Å². The maximum absolute atomic E-state index is 13.2. The van der Waals surface area contributed by atoms with E-state index in [4.69, 9.17) is 10.8 Å². The average Bonchev–Trinajstić information content (AvgIpc) is 2.38. The first kappa shape index (κ1) is 14.9. The Morgan fingerprint density at radius 2 is 2.11 bits per heavy atom. The molecule has 0 radical (unpaired) electrons. The molecule has 4 N–H and O–H groups in total. The van der Waals surface area contributed by atoms with E-state index in [0.29, 0.717) is 6.42 Å². The number of amides is 1. The quantitative estimate of drug-likeness (QED) is 0.708. The van der Waals surface area contributed by atoms with E-state index < -0.39 is 23.1 Å². The van der Waals surface area contributed by atoms with E-state index in [1.807, 2.05) is 0 Å². The van der Waals surface area contributed by atoms with Gasteiger partial charge in [-0.15, -0.1) is 0 Å². The van der Waals surface area contributed by atoms with Crippen LogP contribution in [0.25, 0.3) is 0 Å². The van der Waals surface area contributed by atoms with Crippen LogP contribution >= 0.6 is 0 Å². The van der Waals surface area contributed by atoms with Gasteiger partial charge in [-0.2, -0.15) is 0 Å². The fourth-order valence-electron chi connectivity index (χ4n) is 1.46. The Morgan fingerprint density at radius 1 is 1.47 bits per heavy atom. The topological polar surface area (TPSA) is 92.4 Å². The lowest BCUT2D eigenvalue weighted by molar-refractivity contribution is -0.147. The number of aliphatic carboxylic acids is 1. The van der Waals surface area contributed by atoms with E-state index >= 15 is 0 Å². The molecule has 0 heterocycles. The predicted molar refractivity (Wildman–Crippen MR) is 69.2 cm³/mol. The third kappa shape index (κ3) is 3.21. The highest BCUT2D eigenvalue weighted by Crippen LogP contribution is 2.21. The largest absolute Gasteiger partial charge is 0.481 e. The Kier molecular flexibility index (Phi) is 4.47. The lowest BCUT2D eigenvalue weighted by Gasteiger charge is -2.23. The first-order chi connectivity index (χ1) is 8.81. The zero-order valence-corrected chi connectivity index (χ0v) is 10.9. The van der Waals surface area contributed by atoms with Crippen LogP contribution in [0.1, 0.15) is 30.6 Å². The summed E-state index contributed by atoms with van der Waals surface area (Å²) in [5, 5.41) is 11.6. The van der Waals surface area contributed by atoms with Crippen molar-refractivity contribution in [1.29, 1.82) is 0 Å². The molecule has 0 spiro atoms. The normalized spacial score (nSPS) is 13.6. The molecule has 0 bridgehead atoms. The highest BCUT2D eigenvalue weighted by Gasteiger charge is 2.31. The highest BCUT2D eigenvalue weighted by molar-refractivity contribution is 5.99. The molecule has 0 aliphatic carbocycles. The zero-order valence-electron chi connectivity index (χ0n) is 10.9. The van der Waals surface area contributed by atoms with Crippen molar-refractivity contribution in [3.05, 3.63) is 29.6 Å². The van der Waals surface area contributed by atoms with Crippen LogP contribution in [0.5, 0.6) is 0 Å². The number of anilines is 1. The highest BCUT2D eigenvalue weighted by atomic mass is 19.1. The number of nitrogen functional groups attached to an aromatic ring is 1. The van der Waals surface area contributed by atoms with Crippen molar-refractivity contribution in [2.75, 3.05) is 12.3 Å². The molecule has 0 fully saturated rings. The van der Waals surface area contributed by atoms with Gasteiger partial charge < -0.3 is 16.2 Å². The van der Waals surface area contributed by atoms with Gasteiger partial charge in [-0.25, -0.2) is 4.39 Å². The molecule has 1 rings (SSSR count). The molecule has 0 aliphatic rings. The first-order valence-electron chi connectivity index (χ1n) is 5.87. The van der Waals surface area contributed by atoms with E-state index in [-0.39, 0.29) is 17.8 Å². The van der Waals surface area contributed by atoms with Crippen molar-refractivity contribution >= 4 is 17.6 Å². The molecule has 0 saturated carbocycles. The summed E-state index contributed by atoms with van der Waals surface area (Å²) in [6.07, 6.45) is 0.362. The summed E-state index contributed by atoms with van der Waals surface area (Å²) in [5.74, 6) is -2.26. The van der Waals surface area contributed by atoms with Crippen molar-refractivity contribution in [3.8, 4) is 0 Å². The van der Waals surface area contributed by atoms with Crippen molar-refractivity contribution in [3.63, 3.8) is 0 Å².